The fraction of sp³-hybridized carbons (Fsp3) is 0.208. The van der Waals surface area contributed by atoms with Gasteiger partial charge in [0.1, 0.15) is 23.2 Å². The summed E-state index contributed by atoms with van der Waals surface area (Å²) in [7, 11) is 0. The molecule has 0 saturated carbocycles. The summed E-state index contributed by atoms with van der Waals surface area (Å²) in [4.78, 5) is 25.9. The number of aromatic hydroxyl groups is 1. The first-order chi connectivity index (χ1) is 14.7. The van der Waals surface area contributed by atoms with E-state index in [9.17, 15) is 24.3 Å². The van der Waals surface area contributed by atoms with E-state index in [1.807, 2.05) is 25.1 Å². The Morgan fingerprint density at radius 3 is 2.35 bits per heavy atom. The largest absolute Gasteiger partial charge is 0.494 e. The molecule has 3 rings (SSSR count). The standard InChI is InChI=1S/C24H21FN2O4/c1-14-4-6-17(7-5-14)13-27-23(29)20(12-26)15(2)21(24(27)30)22(28)16(3)31-19-10-8-18(25)9-11-19/h4-11,16,30H,13H2,1-3H3. The van der Waals surface area contributed by atoms with Gasteiger partial charge in [0.25, 0.3) is 5.56 Å². The minimum Gasteiger partial charge on any atom is -0.494 e. The Hall–Kier alpha value is -3.92. The third kappa shape index (κ3) is 4.48. The Morgan fingerprint density at radius 1 is 1.16 bits per heavy atom. The summed E-state index contributed by atoms with van der Waals surface area (Å²) in [6.45, 7) is 4.83. The van der Waals surface area contributed by atoms with E-state index < -0.39 is 29.1 Å². The molecular weight excluding hydrogens is 399 g/mol. The molecule has 0 aliphatic carbocycles. The second kappa shape index (κ2) is 8.84. The Kier molecular flexibility index (Phi) is 6.21. The average molecular weight is 420 g/mol. The van der Waals surface area contributed by atoms with Crippen molar-refractivity contribution in [1.82, 2.24) is 4.57 Å². The van der Waals surface area contributed by atoms with E-state index in [1.54, 1.807) is 12.1 Å². The molecule has 0 fully saturated rings. The van der Waals surface area contributed by atoms with E-state index in [0.717, 1.165) is 15.7 Å². The number of aromatic nitrogens is 1. The number of Topliss-reactive ketones (excluding diaryl/α,β-unsaturated/α-hetero) is 1. The summed E-state index contributed by atoms with van der Waals surface area (Å²) in [5.41, 5.74) is 0.792. The molecule has 1 N–H and O–H groups in total. The molecule has 7 heteroatoms. The Labute approximate surface area is 178 Å². The van der Waals surface area contributed by atoms with Crippen LogP contribution in [-0.2, 0) is 6.54 Å². The average Bonchev–Trinajstić information content (AvgIpc) is 2.74. The first-order valence-corrected chi connectivity index (χ1v) is 9.61. The van der Waals surface area contributed by atoms with Gasteiger partial charge in [0.05, 0.1) is 12.1 Å². The van der Waals surface area contributed by atoms with Crippen molar-refractivity contribution in [3.63, 3.8) is 0 Å². The molecule has 0 radical (unpaired) electrons. The number of nitriles is 1. The predicted octanol–water partition coefficient (Wildman–Crippen LogP) is 3.88. The highest BCUT2D eigenvalue weighted by Crippen LogP contribution is 2.25. The van der Waals surface area contributed by atoms with Gasteiger partial charge in [-0.25, -0.2) is 4.39 Å². The maximum atomic E-state index is 13.1. The van der Waals surface area contributed by atoms with E-state index in [-0.39, 0.29) is 29.0 Å². The lowest BCUT2D eigenvalue weighted by atomic mass is 9.99. The zero-order chi connectivity index (χ0) is 22.7. The number of rotatable bonds is 6. The van der Waals surface area contributed by atoms with Crippen molar-refractivity contribution in [3.05, 3.63) is 92.5 Å². The molecule has 3 aromatic rings. The number of nitrogens with zero attached hydrogens (tertiary/aromatic N) is 2. The van der Waals surface area contributed by atoms with Gasteiger partial charge in [0, 0.05) is 0 Å². The quantitative estimate of drug-likeness (QED) is 0.611. The second-order valence-corrected chi connectivity index (χ2v) is 7.27. The van der Waals surface area contributed by atoms with Crippen LogP contribution in [0.4, 0.5) is 4.39 Å². The third-order valence-electron chi connectivity index (χ3n) is 5.00. The summed E-state index contributed by atoms with van der Waals surface area (Å²) >= 11 is 0. The molecule has 0 spiro atoms. The first-order valence-electron chi connectivity index (χ1n) is 9.61. The van der Waals surface area contributed by atoms with Crippen molar-refractivity contribution in [1.29, 1.82) is 5.26 Å². The van der Waals surface area contributed by atoms with Gasteiger partial charge in [0.2, 0.25) is 11.7 Å². The number of ketones is 1. The van der Waals surface area contributed by atoms with Crippen molar-refractivity contribution < 1.29 is 19.0 Å². The number of carbonyl (C=O) groups is 1. The molecule has 31 heavy (non-hydrogen) atoms. The summed E-state index contributed by atoms with van der Waals surface area (Å²) < 4.78 is 19.7. The number of pyridine rings is 1. The van der Waals surface area contributed by atoms with Gasteiger partial charge >= 0.3 is 0 Å². The third-order valence-corrected chi connectivity index (χ3v) is 5.00. The smallest absolute Gasteiger partial charge is 0.271 e. The topological polar surface area (TPSA) is 92.3 Å². The lowest BCUT2D eigenvalue weighted by Gasteiger charge is -2.19. The van der Waals surface area contributed by atoms with E-state index >= 15 is 0 Å². The van der Waals surface area contributed by atoms with Crippen LogP contribution in [-0.4, -0.2) is 21.6 Å². The number of benzene rings is 2. The zero-order valence-electron chi connectivity index (χ0n) is 17.3. The molecule has 1 atom stereocenters. The van der Waals surface area contributed by atoms with Crippen molar-refractivity contribution >= 4 is 5.78 Å². The summed E-state index contributed by atoms with van der Waals surface area (Å²) in [5, 5.41) is 20.3. The van der Waals surface area contributed by atoms with Crippen molar-refractivity contribution in [2.75, 3.05) is 0 Å². The van der Waals surface area contributed by atoms with Gasteiger partial charge in [-0.3, -0.25) is 14.2 Å². The summed E-state index contributed by atoms with van der Waals surface area (Å²) in [5.74, 6) is -1.30. The number of hydrogen-bond acceptors (Lipinski definition) is 5. The van der Waals surface area contributed by atoms with Crippen molar-refractivity contribution in [2.45, 2.75) is 33.4 Å². The molecule has 1 unspecified atom stereocenters. The van der Waals surface area contributed by atoms with Crippen LogP contribution < -0.4 is 10.3 Å². The number of hydrogen-bond donors (Lipinski definition) is 1. The summed E-state index contributed by atoms with van der Waals surface area (Å²) in [6.07, 6.45) is -1.05. The van der Waals surface area contributed by atoms with Crippen LogP contribution in [0.15, 0.2) is 53.3 Å². The maximum Gasteiger partial charge on any atom is 0.271 e. The van der Waals surface area contributed by atoms with Crippen LogP contribution in [0.25, 0.3) is 0 Å². The lowest BCUT2D eigenvalue weighted by Crippen LogP contribution is -2.31. The van der Waals surface area contributed by atoms with E-state index in [4.69, 9.17) is 4.74 Å². The molecule has 0 aliphatic rings. The number of aryl methyl sites for hydroxylation is 1. The van der Waals surface area contributed by atoms with Crippen molar-refractivity contribution in [3.8, 4) is 17.7 Å². The molecule has 2 aromatic carbocycles. The van der Waals surface area contributed by atoms with Crippen LogP contribution in [0.5, 0.6) is 11.6 Å². The molecule has 6 nitrogen and oxygen atoms in total. The fourth-order valence-electron chi connectivity index (χ4n) is 3.24. The summed E-state index contributed by atoms with van der Waals surface area (Å²) in [6, 6.07) is 14.3. The minimum absolute atomic E-state index is 0.00656. The molecule has 1 heterocycles. The Balaban J connectivity index is 2.03. The molecule has 0 amide bonds. The van der Waals surface area contributed by atoms with Gasteiger partial charge < -0.3 is 9.84 Å². The van der Waals surface area contributed by atoms with Gasteiger partial charge in [-0.2, -0.15) is 5.26 Å². The fourth-order valence-corrected chi connectivity index (χ4v) is 3.24. The van der Waals surface area contributed by atoms with Crippen LogP contribution in [0.2, 0.25) is 0 Å². The maximum absolute atomic E-state index is 13.1. The van der Waals surface area contributed by atoms with Crippen molar-refractivity contribution in [2.24, 2.45) is 0 Å². The predicted molar refractivity (Wildman–Crippen MR) is 113 cm³/mol. The molecule has 0 aliphatic heterocycles. The highest BCUT2D eigenvalue weighted by Gasteiger charge is 2.28. The second-order valence-electron chi connectivity index (χ2n) is 7.27. The van der Waals surface area contributed by atoms with E-state index in [1.165, 1.54) is 38.1 Å². The zero-order valence-corrected chi connectivity index (χ0v) is 17.3. The Bertz CT molecular complexity index is 1220. The first kappa shape index (κ1) is 21.8. The normalized spacial score (nSPS) is 11.6. The van der Waals surface area contributed by atoms with Gasteiger partial charge in [-0.05, 0) is 56.2 Å². The monoisotopic (exact) mass is 420 g/mol. The Morgan fingerprint density at radius 2 is 1.77 bits per heavy atom. The van der Waals surface area contributed by atoms with Crippen LogP contribution in [0.1, 0.15) is 39.5 Å². The van der Waals surface area contributed by atoms with E-state index in [0.29, 0.717) is 0 Å². The SMILES string of the molecule is Cc1ccc(Cn2c(O)c(C(=O)C(C)Oc3ccc(F)cc3)c(C)c(C#N)c2=O)cc1. The number of halogens is 1. The molecule has 158 valence electrons. The highest BCUT2D eigenvalue weighted by molar-refractivity contribution is 6.03. The van der Waals surface area contributed by atoms with Gasteiger partial charge in [0.15, 0.2) is 6.10 Å². The molecule has 0 bridgehead atoms. The van der Waals surface area contributed by atoms with Crippen LogP contribution in [0, 0.1) is 31.0 Å². The lowest BCUT2D eigenvalue weighted by molar-refractivity contribution is 0.0812. The van der Waals surface area contributed by atoms with Gasteiger partial charge in [-0.15, -0.1) is 0 Å². The van der Waals surface area contributed by atoms with Crippen LogP contribution in [0.3, 0.4) is 0 Å². The molecule has 1 aromatic heterocycles. The number of carbonyl (C=O) groups excluding carboxylic acids is 1. The van der Waals surface area contributed by atoms with Gasteiger partial charge in [-0.1, -0.05) is 29.8 Å². The highest BCUT2D eigenvalue weighted by atomic mass is 19.1. The van der Waals surface area contributed by atoms with Crippen LogP contribution >= 0.6 is 0 Å². The minimum atomic E-state index is -1.05. The molecule has 0 saturated heterocycles. The van der Waals surface area contributed by atoms with E-state index in [2.05, 4.69) is 0 Å². The number of ether oxygens (including phenoxy) is 1. The molecular formula is C24H21FN2O4.